The molecule has 0 spiro atoms. The van der Waals surface area contributed by atoms with Crippen molar-refractivity contribution in [2.24, 2.45) is 0 Å². The van der Waals surface area contributed by atoms with Crippen molar-refractivity contribution in [3.8, 4) is 0 Å². The molecule has 6 nitrogen and oxygen atoms in total. The van der Waals surface area contributed by atoms with Crippen LogP contribution in [0.5, 0.6) is 0 Å². The van der Waals surface area contributed by atoms with Gasteiger partial charge in [0.2, 0.25) is 0 Å². The summed E-state index contributed by atoms with van der Waals surface area (Å²) in [6, 6.07) is 14.6. The molecule has 2 aromatic rings. The fourth-order valence-electron chi connectivity index (χ4n) is 2.57. The van der Waals surface area contributed by atoms with Crippen LogP contribution in [-0.4, -0.2) is 30.9 Å². The Labute approximate surface area is 165 Å². The number of anilines is 1. The van der Waals surface area contributed by atoms with Crippen molar-refractivity contribution in [2.45, 2.75) is 33.1 Å². The Hall–Kier alpha value is -3.15. The number of benzene rings is 2. The molecule has 2 aromatic carbocycles. The van der Waals surface area contributed by atoms with Gasteiger partial charge in [-0.2, -0.15) is 0 Å². The van der Waals surface area contributed by atoms with Crippen molar-refractivity contribution in [2.75, 3.05) is 18.5 Å². The first kappa shape index (κ1) is 21.2. The largest absolute Gasteiger partial charge is 0.454 e. The topological polar surface area (TPSA) is 84.5 Å². The summed E-state index contributed by atoms with van der Waals surface area (Å²) < 4.78 is 4.90. The second kappa shape index (κ2) is 10.3. The van der Waals surface area contributed by atoms with Gasteiger partial charge in [-0.1, -0.05) is 43.7 Å². The molecule has 0 bridgehead atoms. The Morgan fingerprint density at radius 3 is 2.43 bits per heavy atom. The summed E-state index contributed by atoms with van der Waals surface area (Å²) in [6.45, 7) is 5.43. The minimum atomic E-state index is -0.678. The zero-order valence-corrected chi connectivity index (χ0v) is 16.5. The number of amides is 2. The Morgan fingerprint density at radius 1 is 1.07 bits per heavy atom. The summed E-state index contributed by atoms with van der Waals surface area (Å²) in [4.78, 5) is 35.6. The van der Waals surface area contributed by atoms with Gasteiger partial charge in [-0.3, -0.25) is 14.4 Å². The van der Waals surface area contributed by atoms with Crippen LogP contribution in [0.2, 0.25) is 0 Å². The molecule has 28 heavy (non-hydrogen) atoms. The van der Waals surface area contributed by atoms with E-state index in [1.54, 1.807) is 18.2 Å². The second-order valence-corrected chi connectivity index (χ2v) is 6.69. The van der Waals surface area contributed by atoms with Crippen LogP contribution in [0.15, 0.2) is 48.5 Å². The summed E-state index contributed by atoms with van der Waals surface area (Å²) in [5.74, 6) is -1.02. The molecule has 2 amide bonds. The lowest BCUT2D eigenvalue weighted by molar-refractivity contribution is -0.146. The maximum atomic E-state index is 12.0. The summed E-state index contributed by atoms with van der Waals surface area (Å²) in [6.07, 6.45) is 1.04. The maximum absolute atomic E-state index is 12.0. The van der Waals surface area contributed by atoms with Gasteiger partial charge in [0.05, 0.1) is 0 Å². The SMILES string of the molecule is CC[C@H](C)c1ccc(NC(=O)COC(=O)CNC(=O)c2cccc(C)c2)cc1. The minimum Gasteiger partial charge on any atom is -0.454 e. The van der Waals surface area contributed by atoms with Gasteiger partial charge in [-0.15, -0.1) is 0 Å². The minimum absolute atomic E-state index is 0.302. The first-order valence-corrected chi connectivity index (χ1v) is 9.29. The first-order chi connectivity index (χ1) is 13.4. The highest BCUT2D eigenvalue weighted by Gasteiger charge is 2.11. The van der Waals surface area contributed by atoms with E-state index in [1.165, 1.54) is 5.56 Å². The number of aryl methyl sites for hydroxylation is 1. The predicted octanol–water partition coefficient (Wildman–Crippen LogP) is 3.42. The van der Waals surface area contributed by atoms with E-state index in [2.05, 4.69) is 24.5 Å². The molecule has 2 N–H and O–H groups in total. The highest BCUT2D eigenvalue weighted by Crippen LogP contribution is 2.20. The number of ether oxygens (including phenoxy) is 1. The third-order valence-electron chi connectivity index (χ3n) is 4.41. The van der Waals surface area contributed by atoms with E-state index in [9.17, 15) is 14.4 Å². The fourth-order valence-corrected chi connectivity index (χ4v) is 2.57. The Morgan fingerprint density at radius 2 is 1.79 bits per heavy atom. The quantitative estimate of drug-likeness (QED) is 0.685. The second-order valence-electron chi connectivity index (χ2n) is 6.69. The maximum Gasteiger partial charge on any atom is 0.325 e. The molecule has 0 aromatic heterocycles. The van der Waals surface area contributed by atoms with E-state index >= 15 is 0 Å². The van der Waals surface area contributed by atoms with Crippen molar-refractivity contribution in [1.29, 1.82) is 0 Å². The third kappa shape index (κ3) is 6.54. The van der Waals surface area contributed by atoms with Gasteiger partial charge in [-0.05, 0) is 49.1 Å². The number of rotatable bonds is 8. The van der Waals surface area contributed by atoms with Gasteiger partial charge >= 0.3 is 5.97 Å². The number of carbonyl (C=O) groups excluding carboxylic acids is 3. The van der Waals surface area contributed by atoms with Gasteiger partial charge in [0.1, 0.15) is 6.54 Å². The van der Waals surface area contributed by atoms with Crippen LogP contribution in [0.3, 0.4) is 0 Å². The van der Waals surface area contributed by atoms with E-state index in [1.807, 2.05) is 37.3 Å². The number of hydrogen-bond acceptors (Lipinski definition) is 4. The smallest absolute Gasteiger partial charge is 0.325 e. The Kier molecular flexibility index (Phi) is 7.75. The van der Waals surface area contributed by atoms with Crippen molar-refractivity contribution < 1.29 is 19.1 Å². The summed E-state index contributed by atoms with van der Waals surface area (Å²) >= 11 is 0. The van der Waals surface area contributed by atoms with Crippen LogP contribution < -0.4 is 10.6 Å². The lowest BCUT2D eigenvalue weighted by Crippen LogP contribution is -2.32. The average molecular weight is 382 g/mol. The molecule has 0 saturated heterocycles. The van der Waals surface area contributed by atoms with E-state index in [4.69, 9.17) is 4.74 Å². The molecule has 0 unspecified atom stereocenters. The van der Waals surface area contributed by atoms with Crippen molar-refractivity contribution in [3.63, 3.8) is 0 Å². The fraction of sp³-hybridized carbons (Fsp3) is 0.318. The van der Waals surface area contributed by atoms with Crippen LogP contribution in [0, 0.1) is 6.92 Å². The number of esters is 1. The van der Waals surface area contributed by atoms with Crippen LogP contribution in [0.4, 0.5) is 5.69 Å². The molecule has 0 fully saturated rings. The molecule has 1 atom stereocenters. The number of nitrogens with one attached hydrogen (secondary N) is 2. The van der Waals surface area contributed by atoms with E-state index in [0.29, 0.717) is 17.2 Å². The lowest BCUT2D eigenvalue weighted by atomic mass is 9.99. The van der Waals surface area contributed by atoms with Gasteiger partial charge in [0.15, 0.2) is 6.61 Å². The van der Waals surface area contributed by atoms with Crippen molar-refractivity contribution in [3.05, 3.63) is 65.2 Å². The number of hydrogen-bond donors (Lipinski definition) is 2. The molecule has 0 aliphatic rings. The van der Waals surface area contributed by atoms with Crippen LogP contribution in [0.25, 0.3) is 0 Å². The van der Waals surface area contributed by atoms with Crippen LogP contribution >= 0.6 is 0 Å². The number of carbonyl (C=O) groups is 3. The first-order valence-electron chi connectivity index (χ1n) is 9.29. The predicted molar refractivity (Wildman–Crippen MR) is 108 cm³/mol. The normalized spacial score (nSPS) is 11.4. The van der Waals surface area contributed by atoms with Crippen LogP contribution in [0.1, 0.15) is 47.7 Å². The third-order valence-corrected chi connectivity index (χ3v) is 4.41. The standard InChI is InChI=1S/C22H26N2O4/c1-4-16(3)17-8-10-19(11-9-17)24-20(25)14-28-21(26)13-23-22(27)18-7-5-6-15(2)12-18/h5-12,16H,4,13-14H2,1-3H3,(H,23,27)(H,24,25)/t16-/m0/s1. The van der Waals surface area contributed by atoms with E-state index in [-0.39, 0.29) is 12.5 Å². The molecule has 0 radical (unpaired) electrons. The lowest BCUT2D eigenvalue weighted by Gasteiger charge is -2.11. The molecular formula is C22H26N2O4. The molecule has 148 valence electrons. The van der Waals surface area contributed by atoms with E-state index in [0.717, 1.165) is 12.0 Å². The van der Waals surface area contributed by atoms with Gasteiger partial charge < -0.3 is 15.4 Å². The molecule has 2 rings (SSSR count). The highest BCUT2D eigenvalue weighted by atomic mass is 16.5. The Balaban J connectivity index is 1.73. The van der Waals surface area contributed by atoms with Gasteiger partial charge in [0, 0.05) is 11.3 Å². The zero-order valence-electron chi connectivity index (χ0n) is 16.5. The molecule has 0 saturated carbocycles. The van der Waals surface area contributed by atoms with Gasteiger partial charge in [-0.25, -0.2) is 0 Å². The zero-order chi connectivity index (χ0) is 20.5. The van der Waals surface area contributed by atoms with Crippen molar-refractivity contribution in [1.82, 2.24) is 5.32 Å². The molecule has 0 heterocycles. The van der Waals surface area contributed by atoms with E-state index < -0.39 is 18.5 Å². The van der Waals surface area contributed by atoms with Gasteiger partial charge in [0.25, 0.3) is 11.8 Å². The summed E-state index contributed by atoms with van der Waals surface area (Å²) in [5, 5.41) is 5.15. The molecule has 0 aliphatic heterocycles. The average Bonchev–Trinajstić information content (AvgIpc) is 2.70. The monoisotopic (exact) mass is 382 g/mol. The Bertz CT molecular complexity index is 831. The molecular weight excluding hydrogens is 356 g/mol. The summed E-state index contributed by atoms with van der Waals surface area (Å²) in [5.41, 5.74) is 3.26. The summed E-state index contributed by atoms with van der Waals surface area (Å²) in [7, 11) is 0. The molecule has 0 aliphatic carbocycles. The van der Waals surface area contributed by atoms with Crippen molar-refractivity contribution >= 4 is 23.5 Å². The molecule has 6 heteroatoms. The highest BCUT2D eigenvalue weighted by molar-refractivity contribution is 5.96. The van der Waals surface area contributed by atoms with Crippen LogP contribution in [-0.2, 0) is 14.3 Å².